The van der Waals surface area contributed by atoms with Crippen LogP contribution in [0.3, 0.4) is 0 Å². The lowest BCUT2D eigenvalue weighted by atomic mass is 10.2. The average molecular weight is 321 g/mol. The van der Waals surface area contributed by atoms with E-state index in [0.29, 0.717) is 22.8 Å². The quantitative estimate of drug-likeness (QED) is 0.855. The van der Waals surface area contributed by atoms with Crippen LogP contribution in [0, 0.1) is 0 Å². The van der Waals surface area contributed by atoms with Gasteiger partial charge in [-0.15, -0.1) is 0 Å². The maximum atomic E-state index is 5.85. The minimum atomic E-state index is 0.0630. The van der Waals surface area contributed by atoms with Gasteiger partial charge in [-0.1, -0.05) is 16.8 Å². The molecule has 2 aromatic rings. The Morgan fingerprint density at radius 2 is 2.00 bits per heavy atom. The predicted octanol–water partition coefficient (Wildman–Crippen LogP) is 1.88. The standard InChI is InChI=1S/C14H17ClN6O/c1-20-4-5-21(14-16-6-10(15)7-17-14)8-11(20)13-18-12(19-22-13)9-2-3-9/h6-7,9,11H,2-5,8H2,1H3. The lowest BCUT2D eigenvalue weighted by Gasteiger charge is -2.37. The van der Waals surface area contributed by atoms with Crippen LogP contribution in [0.15, 0.2) is 16.9 Å². The highest BCUT2D eigenvalue weighted by Crippen LogP contribution is 2.39. The Labute approximate surface area is 133 Å². The molecule has 0 bridgehead atoms. The third kappa shape index (κ3) is 2.66. The number of hydrogen-bond acceptors (Lipinski definition) is 7. The van der Waals surface area contributed by atoms with Gasteiger partial charge in [0, 0.05) is 25.6 Å². The number of aromatic nitrogens is 4. The van der Waals surface area contributed by atoms with E-state index in [0.717, 1.165) is 25.5 Å². The summed E-state index contributed by atoms with van der Waals surface area (Å²) in [4.78, 5) is 17.5. The second kappa shape index (κ2) is 5.48. The summed E-state index contributed by atoms with van der Waals surface area (Å²) in [6, 6.07) is 0.0630. The first-order valence-corrected chi connectivity index (χ1v) is 7.85. The Morgan fingerprint density at radius 1 is 1.23 bits per heavy atom. The first-order valence-electron chi connectivity index (χ1n) is 7.47. The fourth-order valence-electron chi connectivity index (χ4n) is 2.68. The lowest BCUT2D eigenvalue weighted by Crippen LogP contribution is -2.47. The van der Waals surface area contributed by atoms with Gasteiger partial charge >= 0.3 is 0 Å². The Hall–Kier alpha value is -1.73. The Balaban J connectivity index is 1.54. The molecule has 1 saturated heterocycles. The van der Waals surface area contributed by atoms with Crippen molar-refractivity contribution in [2.75, 3.05) is 31.6 Å². The summed E-state index contributed by atoms with van der Waals surface area (Å²) in [5, 5.41) is 4.66. The Bertz CT molecular complexity index is 656. The van der Waals surface area contributed by atoms with Crippen LogP contribution in [0.5, 0.6) is 0 Å². The molecule has 1 saturated carbocycles. The minimum Gasteiger partial charge on any atom is -0.338 e. The molecule has 0 aromatic carbocycles. The van der Waals surface area contributed by atoms with E-state index in [1.54, 1.807) is 12.4 Å². The molecule has 22 heavy (non-hydrogen) atoms. The maximum absolute atomic E-state index is 5.85. The molecule has 4 rings (SSSR count). The van der Waals surface area contributed by atoms with E-state index in [1.807, 2.05) is 0 Å². The monoisotopic (exact) mass is 320 g/mol. The van der Waals surface area contributed by atoms with Crippen molar-refractivity contribution in [1.29, 1.82) is 0 Å². The van der Waals surface area contributed by atoms with Crippen LogP contribution < -0.4 is 4.90 Å². The number of piperazine rings is 1. The predicted molar refractivity (Wildman–Crippen MR) is 80.9 cm³/mol. The number of nitrogens with zero attached hydrogens (tertiary/aromatic N) is 6. The van der Waals surface area contributed by atoms with Crippen LogP contribution in [-0.4, -0.2) is 51.7 Å². The van der Waals surface area contributed by atoms with Gasteiger partial charge in [0.1, 0.15) is 6.04 Å². The van der Waals surface area contributed by atoms with E-state index in [1.165, 1.54) is 12.8 Å². The van der Waals surface area contributed by atoms with Crippen LogP contribution >= 0.6 is 11.6 Å². The van der Waals surface area contributed by atoms with Crippen molar-refractivity contribution in [3.8, 4) is 0 Å². The van der Waals surface area contributed by atoms with Gasteiger partial charge in [-0.05, 0) is 19.9 Å². The van der Waals surface area contributed by atoms with Gasteiger partial charge in [-0.3, -0.25) is 4.90 Å². The van der Waals surface area contributed by atoms with E-state index < -0.39 is 0 Å². The van der Waals surface area contributed by atoms with Crippen LogP contribution in [0.25, 0.3) is 0 Å². The molecule has 2 fully saturated rings. The van der Waals surface area contributed by atoms with Crippen molar-refractivity contribution >= 4 is 17.5 Å². The van der Waals surface area contributed by atoms with Crippen LogP contribution in [-0.2, 0) is 0 Å². The molecule has 1 unspecified atom stereocenters. The van der Waals surface area contributed by atoms with Gasteiger partial charge in [0.15, 0.2) is 5.82 Å². The average Bonchev–Trinajstić information content (AvgIpc) is 3.27. The molecule has 1 aliphatic heterocycles. The fraction of sp³-hybridized carbons (Fsp3) is 0.571. The maximum Gasteiger partial charge on any atom is 0.245 e. The van der Waals surface area contributed by atoms with Crippen molar-refractivity contribution in [3.05, 3.63) is 29.1 Å². The number of likely N-dealkylation sites (N-methyl/N-ethyl adjacent to an activating group) is 1. The largest absolute Gasteiger partial charge is 0.338 e. The second-order valence-corrected chi connectivity index (χ2v) is 6.35. The summed E-state index contributed by atoms with van der Waals surface area (Å²) in [5.74, 6) is 2.72. The molecule has 7 nitrogen and oxygen atoms in total. The Morgan fingerprint density at radius 3 is 2.73 bits per heavy atom. The molecule has 8 heteroatoms. The van der Waals surface area contributed by atoms with E-state index in [4.69, 9.17) is 16.1 Å². The molecule has 2 aliphatic rings. The first-order chi connectivity index (χ1) is 10.7. The number of hydrogen-bond donors (Lipinski definition) is 0. The molecule has 0 spiro atoms. The van der Waals surface area contributed by atoms with Crippen LogP contribution in [0.1, 0.15) is 36.5 Å². The van der Waals surface area contributed by atoms with E-state index in [-0.39, 0.29) is 6.04 Å². The van der Waals surface area contributed by atoms with Crippen molar-refractivity contribution in [2.24, 2.45) is 0 Å². The SMILES string of the molecule is CN1CCN(c2ncc(Cl)cn2)CC1c1nc(C2CC2)no1. The molecular weight excluding hydrogens is 304 g/mol. The zero-order valence-corrected chi connectivity index (χ0v) is 13.1. The third-order valence-electron chi connectivity index (χ3n) is 4.22. The van der Waals surface area contributed by atoms with Gasteiger partial charge in [0.25, 0.3) is 0 Å². The highest BCUT2D eigenvalue weighted by molar-refractivity contribution is 6.30. The second-order valence-electron chi connectivity index (χ2n) is 5.91. The van der Waals surface area contributed by atoms with Gasteiger partial charge in [0.2, 0.25) is 11.8 Å². The van der Waals surface area contributed by atoms with Crippen molar-refractivity contribution < 1.29 is 4.52 Å². The smallest absolute Gasteiger partial charge is 0.245 e. The number of halogens is 1. The number of rotatable bonds is 3. The van der Waals surface area contributed by atoms with Crippen molar-refractivity contribution in [3.63, 3.8) is 0 Å². The summed E-state index contributed by atoms with van der Waals surface area (Å²) in [6.07, 6.45) is 5.58. The molecule has 0 radical (unpaired) electrons. The third-order valence-corrected chi connectivity index (χ3v) is 4.42. The summed E-state index contributed by atoms with van der Waals surface area (Å²) < 4.78 is 5.49. The Kier molecular flexibility index (Phi) is 3.46. The topological polar surface area (TPSA) is 71.2 Å². The molecule has 1 aliphatic carbocycles. The summed E-state index contributed by atoms with van der Waals surface area (Å²) >= 11 is 5.85. The highest BCUT2D eigenvalue weighted by Gasteiger charge is 2.34. The van der Waals surface area contributed by atoms with Crippen molar-refractivity contribution in [2.45, 2.75) is 24.8 Å². The molecule has 1 atom stereocenters. The zero-order valence-electron chi connectivity index (χ0n) is 12.3. The lowest BCUT2D eigenvalue weighted by molar-refractivity contribution is 0.177. The normalized spacial score (nSPS) is 23.0. The first kappa shape index (κ1) is 13.9. The van der Waals surface area contributed by atoms with Gasteiger partial charge in [0.05, 0.1) is 17.4 Å². The fourth-order valence-corrected chi connectivity index (χ4v) is 2.78. The minimum absolute atomic E-state index is 0.0630. The van der Waals surface area contributed by atoms with E-state index >= 15 is 0 Å². The molecule has 0 N–H and O–H groups in total. The van der Waals surface area contributed by atoms with Crippen LogP contribution in [0.2, 0.25) is 5.02 Å². The summed E-state index contributed by atoms with van der Waals surface area (Å²) in [7, 11) is 2.08. The van der Waals surface area contributed by atoms with E-state index in [9.17, 15) is 0 Å². The molecule has 2 aromatic heterocycles. The number of anilines is 1. The molecule has 0 amide bonds. The van der Waals surface area contributed by atoms with Crippen molar-refractivity contribution in [1.82, 2.24) is 25.0 Å². The summed E-state index contributed by atoms with van der Waals surface area (Å²) in [5.41, 5.74) is 0. The zero-order chi connectivity index (χ0) is 15.1. The molecular formula is C14H17ClN6O. The molecule has 116 valence electrons. The van der Waals surface area contributed by atoms with Gasteiger partial charge in [-0.2, -0.15) is 4.98 Å². The van der Waals surface area contributed by atoms with Gasteiger partial charge < -0.3 is 9.42 Å². The molecule has 3 heterocycles. The highest BCUT2D eigenvalue weighted by atomic mass is 35.5. The van der Waals surface area contributed by atoms with Gasteiger partial charge in [-0.25, -0.2) is 9.97 Å². The van der Waals surface area contributed by atoms with E-state index in [2.05, 4.69) is 37.0 Å². The summed E-state index contributed by atoms with van der Waals surface area (Å²) in [6.45, 7) is 2.47. The van der Waals surface area contributed by atoms with Crippen LogP contribution in [0.4, 0.5) is 5.95 Å².